The third-order valence-corrected chi connectivity index (χ3v) is 8.47. The van der Waals surface area contributed by atoms with Crippen LogP contribution in [-0.2, 0) is 10.2 Å². The Morgan fingerprint density at radius 1 is 1.13 bits per heavy atom. The first kappa shape index (κ1) is 21.6. The molecule has 2 fully saturated rings. The van der Waals surface area contributed by atoms with Crippen molar-refractivity contribution in [3.8, 4) is 5.75 Å². The fraction of sp³-hybridized carbons (Fsp3) is 0.619. The molecule has 166 valence electrons. The van der Waals surface area contributed by atoms with Crippen molar-refractivity contribution < 1.29 is 18.3 Å². The summed E-state index contributed by atoms with van der Waals surface area (Å²) in [7, 11) is -1.75. The van der Waals surface area contributed by atoms with Crippen LogP contribution in [0.3, 0.4) is 0 Å². The molecule has 0 spiro atoms. The number of piperazine rings is 1. The van der Waals surface area contributed by atoms with Gasteiger partial charge in [-0.05, 0) is 37.0 Å². The molecule has 9 heteroatoms. The number of piperidine rings is 1. The van der Waals surface area contributed by atoms with Gasteiger partial charge in [-0.15, -0.1) is 0 Å². The van der Waals surface area contributed by atoms with E-state index in [0.29, 0.717) is 51.7 Å². The number of methoxy groups -OCH3 is 1. The van der Waals surface area contributed by atoms with Gasteiger partial charge in [-0.3, -0.25) is 4.90 Å². The molecule has 1 atom stereocenters. The van der Waals surface area contributed by atoms with Crippen LogP contribution in [0.2, 0.25) is 0 Å². The number of nitrogens with zero attached hydrogens (tertiary/aromatic N) is 3. The van der Waals surface area contributed by atoms with Gasteiger partial charge >= 0.3 is 0 Å². The Labute approximate surface area is 178 Å². The highest BCUT2D eigenvalue weighted by Crippen LogP contribution is 2.29. The summed E-state index contributed by atoms with van der Waals surface area (Å²) in [5, 5.41) is 11.8. The molecule has 1 unspecified atom stereocenters. The lowest BCUT2D eigenvalue weighted by Gasteiger charge is -2.38. The molecule has 0 radical (unpaired) electrons. The van der Waals surface area contributed by atoms with Gasteiger partial charge in [0.2, 0.25) is 0 Å². The summed E-state index contributed by atoms with van der Waals surface area (Å²) in [5.41, 5.74) is 1.79. The number of hydrogen-bond acceptors (Lipinski definition) is 5. The molecule has 30 heavy (non-hydrogen) atoms. The van der Waals surface area contributed by atoms with E-state index in [9.17, 15) is 13.5 Å². The fourth-order valence-corrected chi connectivity index (χ4v) is 6.01. The number of nitrogens with one attached hydrogen (secondary N) is 1. The zero-order valence-electron chi connectivity index (χ0n) is 17.7. The zero-order chi connectivity index (χ0) is 21.3. The van der Waals surface area contributed by atoms with Crippen LogP contribution in [0.15, 0.2) is 24.4 Å². The highest BCUT2D eigenvalue weighted by Gasteiger charge is 2.34. The first-order valence-corrected chi connectivity index (χ1v) is 12.1. The van der Waals surface area contributed by atoms with Crippen molar-refractivity contribution in [2.45, 2.75) is 25.9 Å². The van der Waals surface area contributed by atoms with Crippen LogP contribution >= 0.6 is 0 Å². The lowest BCUT2D eigenvalue weighted by atomic mass is 10.0. The molecular weight excluding hydrogens is 404 g/mol. The number of benzene rings is 1. The Hall–Kier alpha value is -1.65. The van der Waals surface area contributed by atoms with Crippen LogP contribution < -0.4 is 4.74 Å². The SMILES string of the molecule is COc1ccc2[nH]cc(C(O)CN3CCN(S(=O)(=O)N4CCC(C)CC4)CC3)c2c1. The monoisotopic (exact) mass is 436 g/mol. The van der Waals surface area contributed by atoms with Gasteiger partial charge < -0.3 is 14.8 Å². The molecule has 2 aliphatic rings. The van der Waals surface area contributed by atoms with Crippen LogP contribution in [0.1, 0.15) is 31.4 Å². The number of aliphatic hydroxyl groups excluding tert-OH is 1. The predicted molar refractivity (Wildman–Crippen MR) is 117 cm³/mol. The van der Waals surface area contributed by atoms with E-state index in [0.717, 1.165) is 35.1 Å². The third kappa shape index (κ3) is 4.36. The molecule has 2 N–H and O–H groups in total. The van der Waals surface area contributed by atoms with Gasteiger partial charge in [-0.1, -0.05) is 6.92 Å². The maximum Gasteiger partial charge on any atom is 0.282 e. The highest BCUT2D eigenvalue weighted by atomic mass is 32.2. The van der Waals surface area contributed by atoms with E-state index in [4.69, 9.17) is 4.74 Å². The molecule has 0 amide bonds. The molecule has 4 rings (SSSR count). The summed E-state index contributed by atoms with van der Waals surface area (Å²) in [6.45, 7) is 6.04. The molecule has 8 nitrogen and oxygen atoms in total. The standard InChI is InChI=1S/C21H32N4O4S/c1-16-5-7-24(8-6-16)30(27,28)25-11-9-23(10-12-25)15-21(26)19-14-22-20-4-3-17(29-2)13-18(19)20/h3-4,13-14,16,21-22,26H,5-12,15H2,1-2H3. The number of fused-ring (bicyclic) bond motifs is 1. The van der Waals surface area contributed by atoms with E-state index in [2.05, 4.69) is 16.8 Å². The Bertz CT molecular complexity index is 961. The summed E-state index contributed by atoms with van der Waals surface area (Å²) in [5.74, 6) is 1.35. The highest BCUT2D eigenvalue weighted by molar-refractivity contribution is 7.86. The largest absolute Gasteiger partial charge is 0.497 e. The number of rotatable bonds is 6. The van der Waals surface area contributed by atoms with Crippen LogP contribution in [0.25, 0.3) is 10.9 Å². The predicted octanol–water partition coefficient (Wildman–Crippen LogP) is 1.80. The quantitative estimate of drug-likeness (QED) is 0.721. The minimum atomic E-state index is -3.38. The van der Waals surface area contributed by atoms with Crippen LogP contribution in [0.5, 0.6) is 5.75 Å². The zero-order valence-corrected chi connectivity index (χ0v) is 18.6. The van der Waals surface area contributed by atoms with Gasteiger partial charge in [0.25, 0.3) is 10.2 Å². The van der Waals surface area contributed by atoms with Gasteiger partial charge in [-0.2, -0.15) is 17.0 Å². The second-order valence-corrected chi connectivity index (χ2v) is 10.4. The van der Waals surface area contributed by atoms with E-state index < -0.39 is 16.3 Å². The molecule has 1 aromatic carbocycles. The number of aromatic amines is 1. The third-order valence-electron chi connectivity index (χ3n) is 6.44. The van der Waals surface area contributed by atoms with E-state index in [1.807, 2.05) is 24.4 Å². The van der Waals surface area contributed by atoms with E-state index >= 15 is 0 Å². The molecule has 0 bridgehead atoms. The lowest BCUT2D eigenvalue weighted by Crippen LogP contribution is -2.54. The number of ether oxygens (including phenoxy) is 1. The molecule has 2 aliphatic heterocycles. The first-order valence-electron chi connectivity index (χ1n) is 10.7. The van der Waals surface area contributed by atoms with Gasteiger partial charge in [-0.25, -0.2) is 0 Å². The van der Waals surface area contributed by atoms with Gasteiger partial charge in [0.1, 0.15) is 5.75 Å². The molecule has 0 aliphatic carbocycles. The Morgan fingerprint density at radius 3 is 2.47 bits per heavy atom. The minimum absolute atomic E-state index is 0.461. The average Bonchev–Trinajstić information content (AvgIpc) is 3.17. The fourth-order valence-electron chi connectivity index (χ4n) is 4.39. The maximum atomic E-state index is 12.9. The van der Waals surface area contributed by atoms with Crippen LogP contribution in [0.4, 0.5) is 0 Å². The number of aromatic nitrogens is 1. The van der Waals surface area contributed by atoms with Crippen molar-refractivity contribution in [3.63, 3.8) is 0 Å². The van der Waals surface area contributed by atoms with Gasteiger partial charge in [0, 0.05) is 68.5 Å². The van der Waals surface area contributed by atoms with Crippen molar-refractivity contribution >= 4 is 21.1 Å². The summed E-state index contributed by atoms with van der Waals surface area (Å²) >= 11 is 0. The number of β-amino-alcohol motifs (C(OH)–C–C–N with tert-alkyl or cyclic N) is 1. The summed E-state index contributed by atoms with van der Waals surface area (Å²) in [6.07, 6.45) is 3.05. The van der Waals surface area contributed by atoms with Gasteiger partial charge in [0.15, 0.2) is 0 Å². The second-order valence-electron chi connectivity index (χ2n) is 8.46. The van der Waals surface area contributed by atoms with E-state index in [1.165, 1.54) is 0 Å². The lowest BCUT2D eigenvalue weighted by molar-refractivity contribution is 0.0911. The Balaban J connectivity index is 1.36. The summed E-state index contributed by atoms with van der Waals surface area (Å²) < 4.78 is 34.4. The molecule has 2 aromatic rings. The molecule has 3 heterocycles. The molecular formula is C21H32N4O4S. The molecule has 2 saturated heterocycles. The topological polar surface area (TPSA) is 89.1 Å². The molecule has 0 saturated carbocycles. The number of aliphatic hydroxyl groups is 1. The summed E-state index contributed by atoms with van der Waals surface area (Å²) in [6, 6.07) is 5.75. The van der Waals surface area contributed by atoms with Crippen molar-refractivity contribution in [2.24, 2.45) is 5.92 Å². The van der Waals surface area contributed by atoms with E-state index in [-0.39, 0.29) is 0 Å². The number of hydrogen-bond donors (Lipinski definition) is 2. The van der Waals surface area contributed by atoms with Crippen molar-refractivity contribution in [2.75, 3.05) is 52.9 Å². The second kappa shape index (κ2) is 8.84. The van der Waals surface area contributed by atoms with Crippen molar-refractivity contribution in [1.82, 2.24) is 18.5 Å². The van der Waals surface area contributed by atoms with Gasteiger partial charge in [0.05, 0.1) is 13.2 Å². The smallest absolute Gasteiger partial charge is 0.282 e. The average molecular weight is 437 g/mol. The first-order chi connectivity index (χ1) is 14.4. The summed E-state index contributed by atoms with van der Waals surface area (Å²) in [4.78, 5) is 5.33. The molecule has 1 aromatic heterocycles. The normalized spacial score (nSPS) is 21.8. The maximum absolute atomic E-state index is 12.9. The van der Waals surface area contributed by atoms with Crippen LogP contribution in [0, 0.1) is 5.92 Å². The van der Waals surface area contributed by atoms with Crippen molar-refractivity contribution in [3.05, 3.63) is 30.0 Å². The Morgan fingerprint density at radius 2 is 1.80 bits per heavy atom. The van der Waals surface area contributed by atoms with Crippen LogP contribution in [-0.4, -0.2) is 84.9 Å². The van der Waals surface area contributed by atoms with Crippen molar-refractivity contribution in [1.29, 1.82) is 0 Å². The van der Waals surface area contributed by atoms with E-state index in [1.54, 1.807) is 15.7 Å². The minimum Gasteiger partial charge on any atom is -0.497 e. The Kier molecular flexibility index (Phi) is 6.36. The number of H-pyrrole nitrogens is 1.